The largest absolute Gasteiger partial charge is 0.381 e. The van der Waals surface area contributed by atoms with E-state index in [0.717, 1.165) is 8.95 Å². The molecule has 0 saturated heterocycles. The van der Waals surface area contributed by atoms with Crippen molar-refractivity contribution in [3.8, 4) is 0 Å². The molecule has 1 N–H and O–H groups in total. The molecule has 2 rings (SSSR count). The molecular weight excluding hydrogens is 342 g/mol. The Bertz CT molecular complexity index is 391. The summed E-state index contributed by atoms with van der Waals surface area (Å²) in [6, 6.07) is 6.93. The lowest BCUT2D eigenvalue weighted by molar-refractivity contribution is 0.232. The Labute approximate surface area is 121 Å². The third-order valence-electron chi connectivity index (χ3n) is 3.63. The highest BCUT2D eigenvalue weighted by molar-refractivity contribution is 9.11. The van der Waals surface area contributed by atoms with Gasteiger partial charge in [-0.25, -0.2) is 0 Å². The van der Waals surface area contributed by atoms with Gasteiger partial charge in [-0.05, 0) is 65.2 Å². The summed E-state index contributed by atoms with van der Waals surface area (Å²) in [4.78, 5) is 0. The van der Waals surface area contributed by atoms with Crippen molar-refractivity contribution in [1.82, 2.24) is 0 Å². The summed E-state index contributed by atoms with van der Waals surface area (Å²) in [5.74, 6) is 0. The zero-order valence-corrected chi connectivity index (χ0v) is 13.6. The first kappa shape index (κ1) is 13.4. The molecule has 1 aliphatic carbocycles. The van der Waals surface area contributed by atoms with E-state index in [4.69, 9.17) is 0 Å². The number of anilines is 1. The quantitative estimate of drug-likeness (QED) is 0.724. The van der Waals surface area contributed by atoms with E-state index in [9.17, 15) is 0 Å². The smallest absolute Gasteiger partial charge is 0.0487 e. The Morgan fingerprint density at radius 1 is 1.18 bits per heavy atom. The fourth-order valence-electron chi connectivity index (χ4n) is 2.37. The predicted octanol–water partition coefficient (Wildman–Crippen LogP) is 5.59. The van der Waals surface area contributed by atoms with E-state index in [-0.39, 0.29) is 0 Å². The lowest BCUT2D eigenvalue weighted by atomic mass is 9.75. The molecule has 1 fully saturated rings. The van der Waals surface area contributed by atoms with Gasteiger partial charge in [-0.15, -0.1) is 0 Å². The van der Waals surface area contributed by atoms with Crippen molar-refractivity contribution in [1.29, 1.82) is 0 Å². The third kappa shape index (κ3) is 3.72. The molecule has 1 aromatic rings. The van der Waals surface area contributed by atoms with E-state index < -0.39 is 0 Å². The Morgan fingerprint density at radius 2 is 1.82 bits per heavy atom. The molecular formula is C14H19Br2N. The average molecular weight is 361 g/mol. The number of rotatable bonds is 2. The third-order valence-corrected chi connectivity index (χ3v) is 4.78. The molecule has 0 aliphatic heterocycles. The maximum absolute atomic E-state index is 3.65. The summed E-state index contributed by atoms with van der Waals surface area (Å²) in [7, 11) is 0. The fraction of sp³-hybridized carbons (Fsp3) is 0.571. The molecule has 17 heavy (non-hydrogen) atoms. The lowest BCUT2D eigenvalue weighted by Crippen LogP contribution is -2.29. The Hall–Kier alpha value is -0.0200. The Morgan fingerprint density at radius 3 is 2.41 bits per heavy atom. The molecule has 0 amide bonds. The van der Waals surface area contributed by atoms with Gasteiger partial charge >= 0.3 is 0 Å². The second-order valence-corrected chi connectivity index (χ2v) is 7.48. The van der Waals surface area contributed by atoms with Crippen LogP contribution in [0.15, 0.2) is 27.1 Å². The molecule has 3 heteroatoms. The minimum atomic E-state index is 0.537. The molecule has 1 nitrogen and oxygen atoms in total. The van der Waals surface area contributed by atoms with Crippen molar-refractivity contribution in [3.05, 3.63) is 27.1 Å². The summed E-state index contributed by atoms with van der Waals surface area (Å²) < 4.78 is 2.25. The van der Waals surface area contributed by atoms with Gasteiger partial charge in [-0.2, -0.15) is 0 Å². The first-order valence-electron chi connectivity index (χ1n) is 6.18. The van der Waals surface area contributed by atoms with E-state index >= 15 is 0 Å². The fourth-order valence-corrected chi connectivity index (χ4v) is 3.53. The zero-order chi connectivity index (χ0) is 12.5. The molecule has 0 aromatic heterocycles. The van der Waals surface area contributed by atoms with Crippen molar-refractivity contribution in [2.75, 3.05) is 5.32 Å². The number of benzene rings is 1. The molecule has 0 heterocycles. The van der Waals surface area contributed by atoms with Crippen LogP contribution in [0.25, 0.3) is 0 Å². The number of halogens is 2. The zero-order valence-electron chi connectivity index (χ0n) is 10.4. The topological polar surface area (TPSA) is 12.0 Å². The molecule has 1 aromatic carbocycles. The molecule has 1 saturated carbocycles. The molecule has 0 bridgehead atoms. The lowest BCUT2D eigenvalue weighted by Gasteiger charge is -2.35. The van der Waals surface area contributed by atoms with Crippen LogP contribution in [0, 0.1) is 5.41 Å². The molecule has 0 atom stereocenters. The van der Waals surface area contributed by atoms with Gasteiger partial charge in [-0.3, -0.25) is 0 Å². The van der Waals surface area contributed by atoms with Crippen molar-refractivity contribution >= 4 is 37.5 Å². The molecule has 1 aliphatic rings. The predicted molar refractivity (Wildman–Crippen MR) is 81.5 cm³/mol. The highest BCUT2D eigenvalue weighted by Crippen LogP contribution is 2.37. The Kier molecular flexibility index (Phi) is 4.19. The van der Waals surface area contributed by atoms with Crippen LogP contribution < -0.4 is 5.32 Å². The summed E-state index contributed by atoms with van der Waals surface area (Å²) in [6.45, 7) is 4.75. The highest BCUT2D eigenvalue weighted by Gasteiger charge is 2.26. The van der Waals surface area contributed by atoms with Gasteiger partial charge in [0.05, 0.1) is 0 Å². The SMILES string of the molecule is CC1(C)CCC(Nc2ccc(Br)cc2Br)CC1. The number of nitrogens with one attached hydrogen (secondary N) is 1. The van der Waals surface area contributed by atoms with Gasteiger partial charge in [0.2, 0.25) is 0 Å². The van der Waals surface area contributed by atoms with Crippen molar-refractivity contribution in [2.24, 2.45) is 5.41 Å². The van der Waals surface area contributed by atoms with Crippen LogP contribution in [0.3, 0.4) is 0 Å². The van der Waals surface area contributed by atoms with Gasteiger partial charge in [0.15, 0.2) is 0 Å². The first-order valence-corrected chi connectivity index (χ1v) is 7.76. The van der Waals surface area contributed by atoms with Crippen molar-refractivity contribution in [2.45, 2.75) is 45.6 Å². The summed E-state index contributed by atoms with van der Waals surface area (Å²) >= 11 is 7.08. The van der Waals surface area contributed by atoms with Crippen LogP contribution in [0.4, 0.5) is 5.69 Å². The van der Waals surface area contributed by atoms with E-state index in [1.165, 1.54) is 31.4 Å². The maximum Gasteiger partial charge on any atom is 0.0487 e. The van der Waals surface area contributed by atoms with Gasteiger partial charge in [-0.1, -0.05) is 29.8 Å². The normalized spacial score (nSPS) is 20.2. The minimum absolute atomic E-state index is 0.537. The highest BCUT2D eigenvalue weighted by atomic mass is 79.9. The van der Waals surface area contributed by atoms with Crippen molar-refractivity contribution < 1.29 is 0 Å². The van der Waals surface area contributed by atoms with Crippen LogP contribution in [-0.2, 0) is 0 Å². The van der Waals surface area contributed by atoms with Crippen molar-refractivity contribution in [3.63, 3.8) is 0 Å². The van der Waals surface area contributed by atoms with Gasteiger partial charge < -0.3 is 5.32 Å². The molecule has 94 valence electrons. The minimum Gasteiger partial charge on any atom is -0.381 e. The standard InChI is InChI=1S/C14H19Br2N/c1-14(2)7-5-11(6-8-14)17-13-4-3-10(15)9-12(13)16/h3-4,9,11,17H,5-8H2,1-2H3. The average Bonchev–Trinajstić information content (AvgIpc) is 2.25. The van der Waals surface area contributed by atoms with E-state index in [1.54, 1.807) is 0 Å². The van der Waals surface area contributed by atoms with Crippen LogP contribution >= 0.6 is 31.9 Å². The first-order chi connectivity index (χ1) is 7.96. The number of hydrogen-bond acceptors (Lipinski definition) is 1. The van der Waals surface area contributed by atoms with Gasteiger partial charge in [0.25, 0.3) is 0 Å². The molecule has 0 spiro atoms. The second kappa shape index (κ2) is 5.31. The maximum atomic E-state index is 3.65. The van der Waals surface area contributed by atoms with Gasteiger partial charge in [0.1, 0.15) is 0 Å². The second-order valence-electron chi connectivity index (χ2n) is 5.71. The summed E-state index contributed by atoms with van der Waals surface area (Å²) in [5, 5.41) is 3.65. The van der Waals surface area contributed by atoms with Crippen LogP contribution in [0.2, 0.25) is 0 Å². The molecule has 0 unspecified atom stereocenters. The van der Waals surface area contributed by atoms with E-state index in [2.05, 4.69) is 69.2 Å². The summed E-state index contributed by atoms with van der Waals surface area (Å²) in [6.07, 6.45) is 5.18. The van der Waals surface area contributed by atoms with Crippen LogP contribution in [0.5, 0.6) is 0 Å². The Balaban J connectivity index is 1.98. The van der Waals surface area contributed by atoms with Gasteiger partial charge in [0, 0.05) is 20.7 Å². The monoisotopic (exact) mass is 359 g/mol. The van der Waals surface area contributed by atoms with E-state index in [1.807, 2.05) is 0 Å². The van der Waals surface area contributed by atoms with E-state index in [0.29, 0.717) is 11.5 Å². The summed E-state index contributed by atoms with van der Waals surface area (Å²) in [5.41, 5.74) is 1.74. The number of hydrogen-bond donors (Lipinski definition) is 1. The molecule has 0 radical (unpaired) electrons. The van der Waals surface area contributed by atoms with Crippen LogP contribution in [-0.4, -0.2) is 6.04 Å². The van der Waals surface area contributed by atoms with Crippen LogP contribution in [0.1, 0.15) is 39.5 Å².